The van der Waals surface area contributed by atoms with E-state index in [2.05, 4.69) is 5.32 Å². The third kappa shape index (κ3) is 5.17. The number of benzene rings is 2. The van der Waals surface area contributed by atoms with Crippen molar-refractivity contribution < 1.29 is 14.3 Å². The molecule has 3 rings (SSSR count). The van der Waals surface area contributed by atoms with Gasteiger partial charge in [0.25, 0.3) is 0 Å². The summed E-state index contributed by atoms with van der Waals surface area (Å²) < 4.78 is 5.59. The summed E-state index contributed by atoms with van der Waals surface area (Å²) in [5, 5.41) is 3.01. The molecular weight excluding hydrogens is 364 g/mol. The van der Waals surface area contributed by atoms with E-state index in [1.807, 2.05) is 73.3 Å². The van der Waals surface area contributed by atoms with Gasteiger partial charge in [0.1, 0.15) is 5.75 Å². The van der Waals surface area contributed by atoms with Crippen molar-refractivity contribution in [3.63, 3.8) is 0 Å². The van der Waals surface area contributed by atoms with Crippen molar-refractivity contribution in [3.05, 3.63) is 54.6 Å². The van der Waals surface area contributed by atoms with Crippen molar-refractivity contribution in [1.82, 2.24) is 0 Å². The highest BCUT2D eigenvalue weighted by molar-refractivity contribution is 5.96. The standard InChI is InChI=1S/C24H30N2O3/c1-3-26(20-10-6-5-7-11-20)24(28)19-16-14-18(15-17-19)23(27)25-21-12-8-9-13-22(21)29-4-2/h5-13,18-19H,3-4,14-17H2,1-2H3,(H,25,27). The average molecular weight is 395 g/mol. The van der Waals surface area contributed by atoms with Gasteiger partial charge in [-0.15, -0.1) is 0 Å². The number of ether oxygens (including phenoxy) is 1. The molecule has 1 saturated carbocycles. The van der Waals surface area contributed by atoms with Gasteiger partial charge < -0.3 is 15.0 Å². The van der Waals surface area contributed by atoms with Gasteiger partial charge in [0.05, 0.1) is 12.3 Å². The van der Waals surface area contributed by atoms with Gasteiger partial charge in [-0.1, -0.05) is 30.3 Å². The number of hydrogen-bond donors (Lipinski definition) is 1. The molecule has 1 fully saturated rings. The molecule has 0 bridgehead atoms. The summed E-state index contributed by atoms with van der Waals surface area (Å²) in [5.74, 6) is 0.779. The minimum absolute atomic E-state index is 0.0125. The third-order valence-electron chi connectivity index (χ3n) is 5.54. The number of carbonyl (C=O) groups is 2. The number of nitrogens with zero attached hydrogens (tertiary/aromatic N) is 1. The summed E-state index contributed by atoms with van der Waals surface area (Å²) in [6.07, 6.45) is 2.94. The molecule has 1 N–H and O–H groups in total. The molecule has 1 aliphatic carbocycles. The Morgan fingerprint density at radius 3 is 2.21 bits per heavy atom. The highest BCUT2D eigenvalue weighted by Gasteiger charge is 2.32. The maximum atomic E-state index is 13.0. The van der Waals surface area contributed by atoms with E-state index >= 15 is 0 Å². The lowest BCUT2D eigenvalue weighted by Crippen LogP contribution is -2.39. The molecule has 0 aliphatic heterocycles. The van der Waals surface area contributed by atoms with Crippen molar-refractivity contribution in [1.29, 1.82) is 0 Å². The molecule has 1 aliphatic rings. The Hall–Kier alpha value is -2.82. The Labute approximate surface area is 173 Å². The van der Waals surface area contributed by atoms with E-state index in [-0.39, 0.29) is 23.7 Å². The summed E-state index contributed by atoms with van der Waals surface area (Å²) >= 11 is 0. The van der Waals surface area contributed by atoms with E-state index in [9.17, 15) is 9.59 Å². The molecule has 0 atom stereocenters. The number of amides is 2. The Morgan fingerprint density at radius 2 is 1.55 bits per heavy atom. The average Bonchev–Trinajstić information content (AvgIpc) is 2.76. The van der Waals surface area contributed by atoms with Crippen LogP contribution < -0.4 is 15.0 Å². The van der Waals surface area contributed by atoms with Crippen LogP contribution in [0.1, 0.15) is 39.5 Å². The van der Waals surface area contributed by atoms with Crippen LogP contribution in [0.5, 0.6) is 5.75 Å². The lowest BCUT2D eigenvalue weighted by atomic mass is 9.80. The molecule has 0 heterocycles. The fourth-order valence-electron chi connectivity index (χ4n) is 3.98. The van der Waals surface area contributed by atoms with Crippen molar-refractivity contribution in [2.75, 3.05) is 23.4 Å². The lowest BCUT2D eigenvalue weighted by Gasteiger charge is -2.31. The van der Waals surface area contributed by atoms with Gasteiger partial charge in [-0.25, -0.2) is 0 Å². The summed E-state index contributed by atoms with van der Waals surface area (Å²) in [6.45, 7) is 5.12. The van der Waals surface area contributed by atoms with Gasteiger partial charge in [0.15, 0.2) is 0 Å². The number of carbonyl (C=O) groups excluding carboxylic acids is 2. The molecule has 2 amide bonds. The minimum Gasteiger partial charge on any atom is -0.492 e. The topological polar surface area (TPSA) is 58.6 Å². The summed E-state index contributed by atoms with van der Waals surface area (Å²) in [4.78, 5) is 27.6. The second-order valence-electron chi connectivity index (χ2n) is 7.39. The van der Waals surface area contributed by atoms with Crippen LogP contribution in [0.25, 0.3) is 0 Å². The molecule has 0 spiro atoms. The van der Waals surface area contributed by atoms with Crippen LogP contribution in [0.4, 0.5) is 11.4 Å². The molecule has 29 heavy (non-hydrogen) atoms. The van der Waals surface area contributed by atoms with Crippen LogP contribution in [0, 0.1) is 11.8 Å². The predicted molar refractivity (Wildman–Crippen MR) is 116 cm³/mol. The highest BCUT2D eigenvalue weighted by atomic mass is 16.5. The molecule has 0 saturated heterocycles. The fraction of sp³-hybridized carbons (Fsp3) is 0.417. The highest BCUT2D eigenvalue weighted by Crippen LogP contribution is 2.33. The van der Waals surface area contributed by atoms with Gasteiger partial charge >= 0.3 is 0 Å². The number of anilines is 2. The number of para-hydroxylation sites is 3. The van der Waals surface area contributed by atoms with Crippen LogP contribution in [0.3, 0.4) is 0 Å². The van der Waals surface area contributed by atoms with E-state index in [1.54, 1.807) is 0 Å². The molecule has 154 valence electrons. The van der Waals surface area contributed by atoms with E-state index in [1.165, 1.54) is 0 Å². The zero-order chi connectivity index (χ0) is 20.6. The molecule has 0 aromatic heterocycles. The van der Waals surface area contributed by atoms with Gasteiger partial charge in [-0.2, -0.15) is 0 Å². The van der Waals surface area contributed by atoms with Crippen LogP contribution in [-0.2, 0) is 9.59 Å². The monoisotopic (exact) mass is 394 g/mol. The van der Waals surface area contributed by atoms with E-state index < -0.39 is 0 Å². The van der Waals surface area contributed by atoms with Gasteiger partial charge in [0.2, 0.25) is 11.8 Å². The van der Waals surface area contributed by atoms with Gasteiger partial charge in [-0.3, -0.25) is 9.59 Å². The summed E-state index contributed by atoms with van der Waals surface area (Å²) in [6, 6.07) is 17.3. The largest absolute Gasteiger partial charge is 0.492 e. The third-order valence-corrected chi connectivity index (χ3v) is 5.54. The van der Waals surface area contributed by atoms with Crippen molar-refractivity contribution >= 4 is 23.2 Å². The number of rotatable bonds is 7. The van der Waals surface area contributed by atoms with Crippen LogP contribution in [-0.4, -0.2) is 25.0 Å². The predicted octanol–water partition coefficient (Wildman–Crippen LogP) is 4.88. The molecule has 2 aromatic rings. The Morgan fingerprint density at radius 1 is 0.931 bits per heavy atom. The molecule has 5 heteroatoms. The van der Waals surface area contributed by atoms with Gasteiger partial charge in [-0.05, 0) is 63.8 Å². The van der Waals surface area contributed by atoms with Crippen molar-refractivity contribution in [2.45, 2.75) is 39.5 Å². The number of nitrogens with one attached hydrogen (secondary N) is 1. The van der Waals surface area contributed by atoms with Crippen LogP contribution in [0.15, 0.2) is 54.6 Å². The normalized spacial score (nSPS) is 18.7. The van der Waals surface area contributed by atoms with Crippen molar-refractivity contribution in [3.8, 4) is 5.75 Å². The van der Waals surface area contributed by atoms with Crippen molar-refractivity contribution in [2.24, 2.45) is 11.8 Å². The van der Waals surface area contributed by atoms with E-state index in [4.69, 9.17) is 4.74 Å². The molecular formula is C24H30N2O3. The van der Waals surface area contributed by atoms with Crippen LogP contribution >= 0.6 is 0 Å². The summed E-state index contributed by atoms with van der Waals surface area (Å²) in [5.41, 5.74) is 1.64. The quantitative estimate of drug-likeness (QED) is 0.728. The maximum absolute atomic E-state index is 13.0. The minimum atomic E-state index is -0.0689. The first-order valence-corrected chi connectivity index (χ1v) is 10.5. The molecule has 2 aromatic carbocycles. The van der Waals surface area contributed by atoms with Crippen LogP contribution in [0.2, 0.25) is 0 Å². The first-order chi connectivity index (χ1) is 14.1. The molecule has 5 nitrogen and oxygen atoms in total. The lowest BCUT2D eigenvalue weighted by molar-refractivity contribution is -0.126. The molecule has 0 unspecified atom stereocenters. The van der Waals surface area contributed by atoms with Gasteiger partial charge in [0, 0.05) is 24.1 Å². The number of hydrogen-bond acceptors (Lipinski definition) is 3. The Bertz CT molecular complexity index is 814. The second kappa shape index (κ2) is 10.1. The maximum Gasteiger partial charge on any atom is 0.230 e. The zero-order valence-corrected chi connectivity index (χ0v) is 17.3. The molecule has 0 radical (unpaired) electrons. The fourth-order valence-corrected chi connectivity index (χ4v) is 3.98. The second-order valence-corrected chi connectivity index (χ2v) is 7.39. The van der Waals surface area contributed by atoms with E-state index in [0.29, 0.717) is 24.6 Å². The first kappa shape index (κ1) is 20.9. The summed E-state index contributed by atoms with van der Waals surface area (Å²) in [7, 11) is 0. The van der Waals surface area contributed by atoms with E-state index in [0.717, 1.165) is 31.4 Å². The first-order valence-electron chi connectivity index (χ1n) is 10.5. The Balaban J connectivity index is 1.57. The zero-order valence-electron chi connectivity index (χ0n) is 17.3. The Kier molecular flexibility index (Phi) is 7.28. The smallest absolute Gasteiger partial charge is 0.230 e. The SMILES string of the molecule is CCOc1ccccc1NC(=O)C1CCC(C(=O)N(CC)c2ccccc2)CC1.